The molecule has 30 heavy (non-hydrogen) atoms. The zero-order valence-electron chi connectivity index (χ0n) is 17.4. The van der Waals surface area contributed by atoms with Gasteiger partial charge in [-0.2, -0.15) is 0 Å². The van der Waals surface area contributed by atoms with Crippen LogP contribution in [0, 0.1) is 6.92 Å². The van der Waals surface area contributed by atoms with Crippen molar-refractivity contribution in [2.45, 2.75) is 64.4 Å². The zero-order valence-corrected chi connectivity index (χ0v) is 17.4. The maximum absolute atomic E-state index is 10.3. The molecule has 1 aromatic heterocycles. The Kier molecular flexibility index (Phi) is 7.32. The molecule has 0 spiro atoms. The van der Waals surface area contributed by atoms with Crippen LogP contribution in [0.4, 0.5) is 0 Å². The lowest BCUT2D eigenvalue weighted by molar-refractivity contribution is -0.278. The summed E-state index contributed by atoms with van der Waals surface area (Å²) in [4.78, 5) is 0. The van der Waals surface area contributed by atoms with Crippen molar-refractivity contribution in [3.05, 3.63) is 41.1 Å². The van der Waals surface area contributed by atoms with Crippen LogP contribution in [0.15, 0.2) is 24.3 Å². The maximum atomic E-state index is 10.3. The summed E-state index contributed by atoms with van der Waals surface area (Å²) in [5, 5.41) is 44.1. The molecular formula is C21H30N2O7. The lowest BCUT2D eigenvalue weighted by Gasteiger charge is -2.39. The third-order valence-corrected chi connectivity index (χ3v) is 5.28. The van der Waals surface area contributed by atoms with Crippen LogP contribution in [0.3, 0.4) is 0 Å². The molecule has 1 fully saturated rings. The molecule has 3 rings (SSSR count). The Hall–Kier alpha value is -2.17. The van der Waals surface area contributed by atoms with Crippen molar-refractivity contribution in [2.24, 2.45) is 0 Å². The minimum absolute atomic E-state index is 0.271. The van der Waals surface area contributed by atoms with Crippen molar-refractivity contribution >= 4 is 0 Å². The molecule has 2 heterocycles. The molecule has 4 N–H and O–H groups in total. The van der Waals surface area contributed by atoms with Gasteiger partial charge in [-0.1, -0.05) is 12.1 Å². The summed E-state index contributed by atoms with van der Waals surface area (Å²) in [5.41, 5.74) is 2.75. The number of nitrogens with zero attached hydrogens (tertiary/aromatic N) is 2. The second-order valence-electron chi connectivity index (χ2n) is 7.25. The number of hydrogen-bond acceptors (Lipinski definition) is 8. The minimum atomic E-state index is -1.51. The van der Waals surface area contributed by atoms with E-state index in [1.165, 1.54) is 0 Å². The Bertz CT molecular complexity index is 822. The second kappa shape index (κ2) is 9.76. The summed E-state index contributed by atoms with van der Waals surface area (Å²) in [6.07, 6.45) is -6.23. The predicted octanol–water partition coefficient (Wildman–Crippen LogP) is 0.380. The molecule has 1 aliphatic heterocycles. The monoisotopic (exact) mass is 422 g/mol. The minimum Gasteiger partial charge on any atom is -0.494 e. The summed E-state index contributed by atoms with van der Waals surface area (Å²) in [7, 11) is 0. The average molecular weight is 422 g/mol. The SMILES string of the molecule is CCOc1ccc(Cc2c(O[C@@H]3O[C@H](CO)[C@@H](O)[C@H](O)[C@H]3O)nn(CC)c2C)cc1. The van der Waals surface area contributed by atoms with Gasteiger partial charge in [-0.3, -0.25) is 4.68 Å². The van der Waals surface area contributed by atoms with Gasteiger partial charge in [-0.15, -0.1) is 5.10 Å². The summed E-state index contributed by atoms with van der Waals surface area (Å²) in [5.74, 6) is 1.06. The Morgan fingerprint density at radius 2 is 1.77 bits per heavy atom. The first-order valence-electron chi connectivity index (χ1n) is 10.1. The normalized spacial score (nSPS) is 26.6. The molecule has 0 radical (unpaired) electrons. The Morgan fingerprint density at radius 1 is 1.07 bits per heavy atom. The quantitative estimate of drug-likeness (QED) is 0.481. The molecule has 5 atom stereocenters. The van der Waals surface area contributed by atoms with E-state index in [1.807, 2.05) is 45.0 Å². The fraction of sp³-hybridized carbons (Fsp3) is 0.571. The van der Waals surface area contributed by atoms with Crippen LogP contribution >= 0.6 is 0 Å². The van der Waals surface area contributed by atoms with E-state index in [0.717, 1.165) is 22.6 Å². The average Bonchev–Trinajstić information content (AvgIpc) is 3.04. The van der Waals surface area contributed by atoms with Crippen LogP contribution in [0.1, 0.15) is 30.7 Å². The number of aryl methyl sites for hydroxylation is 1. The van der Waals surface area contributed by atoms with Gasteiger partial charge in [0.05, 0.1) is 13.2 Å². The molecule has 0 amide bonds. The van der Waals surface area contributed by atoms with E-state index in [2.05, 4.69) is 5.10 Å². The molecule has 9 heteroatoms. The third-order valence-electron chi connectivity index (χ3n) is 5.28. The topological polar surface area (TPSA) is 126 Å². The van der Waals surface area contributed by atoms with Crippen LogP contribution in [0.25, 0.3) is 0 Å². The van der Waals surface area contributed by atoms with Crippen LogP contribution in [-0.2, 0) is 17.7 Å². The van der Waals surface area contributed by atoms with Gasteiger partial charge in [0.1, 0.15) is 30.2 Å². The van der Waals surface area contributed by atoms with Crippen LogP contribution in [-0.4, -0.2) is 74.1 Å². The summed E-state index contributed by atoms with van der Waals surface area (Å²) < 4.78 is 18.6. The lowest BCUT2D eigenvalue weighted by Crippen LogP contribution is -2.60. The number of hydrogen-bond donors (Lipinski definition) is 4. The molecule has 1 aromatic carbocycles. The second-order valence-corrected chi connectivity index (χ2v) is 7.25. The first-order chi connectivity index (χ1) is 14.4. The Labute approximate surface area is 175 Å². The van der Waals surface area contributed by atoms with Gasteiger partial charge in [0.25, 0.3) is 0 Å². The van der Waals surface area contributed by atoms with Crippen LogP contribution in [0.5, 0.6) is 11.6 Å². The van der Waals surface area contributed by atoms with Crippen molar-refractivity contribution in [3.8, 4) is 11.6 Å². The molecule has 0 bridgehead atoms. The summed E-state index contributed by atoms with van der Waals surface area (Å²) in [6, 6.07) is 7.73. The smallest absolute Gasteiger partial charge is 0.239 e. The van der Waals surface area contributed by atoms with Crippen LogP contribution < -0.4 is 9.47 Å². The predicted molar refractivity (Wildman–Crippen MR) is 107 cm³/mol. The molecule has 1 aliphatic rings. The van der Waals surface area contributed by atoms with Crippen LogP contribution in [0.2, 0.25) is 0 Å². The van der Waals surface area contributed by atoms with Gasteiger partial charge in [-0.25, -0.2) is 0 Å². The first-order valence-corrected chi connectivity index (χ1v) is 10.1. The standard InChI is InChI=1S/C21H30N2O7/c1-4-23-12(3)15(10-13-6-8-14(9-7-13)28-5-2)20(22-23)30-21-19(27)18(26)17(25)16(11-24)29-21/h6-9,16-19,21,24-27H,4-5,10-11H2,1-3H3/t16-,17-,18+,19-,21+/m1/s1. The first kappa shape index (κ1) is 22.5. The lowest BCUT2D eigenvalue weighted by atomic mass is 9.99. The van der Waals surface area contributed by atoms with E-state index in [-0.39, 0.29) is 5.88 Å². The van der Waals surface area contributed by atoms with E-state index in [0.29, 0.717) is 19.6 Å². The van der Waals surface area contributed by atoms with Gasteiger partial charge in [0.15, 0.2) is 0 Å². The number of aliphatic hydroxyl groups is 4. The number of ether oxygens (including phenoxy) is 3. The molecule has 0 unspecified atom stereocenters. The highest BCUT2D eigenvalue weighted by molar-refractivity contribution is 5.38. The number of benzene rings is 1. The van der Waals surface area contributed by atoms with E-state index in [1.54, 1.807) is 4.68 Å². The number of aromatic nitrogens is 2. The van der Waals surface area contributed by atoms with Gasteiger partial charge >= 0.3 is 0 Å². The molecule has 2 aromatic rings. The van der Waals surface area contributed by atoms with Crippen molar-refractivity contribution in [1.29, 1.82) is 0 Å². The van der Waals surface area contributed by atoms with Crippen molar-refractivity contribution in [2.75, 3.05) is 13.2 Å². The molecule has 9 nitrogen and oxygen atoms in total. The van der Waals surface area contributed by atoms with Crippen molar-refractivity contribution in [1.82, 2.24) is 9.78 Å². The zero-order chi connectivity index (χ0) is 21.8. The maximum Gasteiger partial charge on any atom is 0.239 e. The van der Waals surface area contributed by atoms with Gasteiger partial charge < -0.3 is 34.6 Å². The van der Waals surface area contributed by atoms with Gasteiger partial charge in [0, 0.05) is 24.2 Å². The molecule has 166 valence electrons. The summed E-state index contributed by atoms with van der Waals surface area (Å²) >= 11 is 0. The highest BCUT2D eigenvalue weighted by atomic mass is 16.7. The van der Waals surface area contributed by atoms with E-state index in [4.69, 9.17) is 14.2 Å². The Morgan fingerprint density at radius 3 is 2.37 bits per heavy atom. The fourth-order valence-corrected chi connectivity index (χ4v) is 3.51. The van der Waals surface area contributed by atoms with E-state index < -0.39 is 37.3 Å². The Balaban J connectivity index is 1.84. The molecule has 1 saturated heterocycles. The fourth-order valence-electron chi connectivity index (χ4n) is 3.51. The van der Waals surface area contributed by atoms with E-state index in [9.17, 15) is 20.4 Å². The van der Waals surface area contributed by atoms with Gasteiger partial charge in [0.2, 0.25) is 12.2 Å². The molecule has 0 saturated carbocycles. The summed E-state index contributed by atoms with van der Waals surface area (Å²) in [6.45, 7) is 6.52. The van der Waals surface area contributed by atoms with E-state index >= 15 is 0 Å². The largest absolute Gasteiger partial charge is 0.494 e. The third kappa shape index (κ3) is 4.60. The highest BCUT2D eigenvalue weighted by Crippen LogP contribution is 2.29. The van der Waals surface area contributed by atoms with Crippen molar-refractivity contribution < 1.29 is 34.6 Å². The van der Waals surface area contributed by atoms with Crippen molar-refractivity contribution in [3.63, 3.8) is 0 Å². The molecule has 0 aliphatic carbocycles. The number of rotatable bonds is 8. The molecular weight excluding hydrogens is 392 g/mol. The number of aliphatic hydroxyl groups excluding tert-OH is 4. The highest BCUT2D eigenvalue weighted by Gasteiger charge is 2.45. The van der Waals surface area contributed by atoms with Gasteiger partial charge in [-0.05, 0) is 38.5 Å².